The van der Waals surface area contributed by atoms with Gasteiger partial charge in [0.05, 0.1) is 12.2 Å². The van der Waals surface area contributed by atoms with E-state index in [1.165, 1.54) is 36.0 Å². The number of benzene rings is 2. The number of halogens is 4. The largest absolute Gasteiger partial charge is 0.416 e. The Hall–Kier alpha value is -1.87. The summed E-state index contributed by atoms with van der Waals surface area (Å²) in [6.07, 6.45) is -0.472. The van der Waals surface area contributed by atoms with Crippen LogP contribution in [-0.4, -0.2) is 60.8 Å². The van der Waals surface area contributed by atoms with Crippen LogP contribution < -0.4 is 0 Å². The van der Waals surface area contributed by atoms with Gasteiger partial charge in [-0.2, -0.15) is 13.2 Å². The average Bonchev–Trinajstić information content (AvgIpc) is 2.73. The van der Waals surface area contributed by atoms with Crippen LogP contribution in [0.1, 0.15) is 22.6 Å². The molecule has 0 saturated carbocycles. The maximum absolute atomic E-state index is 13.8. The number of piperazine rings is 1. The average molecular weight is 453 g/mol. The lowest BCUT2D eigenvalue weighted by Crippen LogP contribution is -2.47. The second kappa shape index (κ2) is 9.32. The molecule has 1 unspecified atom stereocenters. The molecule has 1 N–H and O–H groups in total. The zero-order chi connectivity index (χ0) is 22.0. The zero-order valence-electron chi connectivity index (χ0n) is 16.9. The molecule has 1 fully saturated rings. The van der Waals surface area contributed by atoms with Crippen molar-refractivity contribution in [2.24, 2.45) is 0 Å². The molecular formula is C23H24F4N2OS. The minimum absolute atomic E-state index is 0.152. The van der Waals surface area contributed by atoms with E-state index in [9.17, 15) is 17.6 Å². The predicted molar refractivity (Wildman–Crippen MR) is 113 cm³/mol. The number of hydrogen-bond donors (Lipinski definition) is 1. The molecule has 3 nitrogen and oxygen atoms in total. The molecule has 0 amide bonds. The SMILES string of the molecule is OCCN1CCN(C/C=C/C2c3ccc(F)cc3Sc3ccc(C(F)(F)F)cc32)CC1. The van der Waals surface area contributed by atoms with Gasteiger partial charge in [-0.15, -0.1) is 0 Å². The summed E-state index contributed by atoms with van der Waals surface area (Å²) in [5.74, 6) is -0.713. The lowest BCUT2D eigenvalue weighted by atomic mass is 9.89. The van der Waals surface area contributed by atoms with Gasteiger partial charge in [-0.05, 0) is 41.5 Å². The Labute approximate surface area is 183 Å². The van der Waals surface area contributed by atoms with Gasteiger partial charge in [-0.1, -0.05) is 30.0 Å². The van der Waals surface area contributed by atoms with E-state index in [-0.39, 0.29) is 18.3 Å². The summed E-state index contributed by atoms with van der Waals surface area (Å²) in [4.78, 5) is 5.94. The first kappa shape index (κ1) is 22.3. The smallest absolute Gasteiger partial charge is 0.395 e. The lowest BCUT2D eigenvalue weighted by molar-refractivity contribution is -0.137. The van der Waals surface area contributed by atoms with E-state index in [2.05, 4.69) is 9.80 Å². The number of nitrogens with zero attached hydrogens (tertiary/aromatic N) is 2. The third-order valence-corrected chi connectivity index (χ3v) is 6.94. The van der Waals surface area contributed by atoms with Crippen molar-refractivity contribution in [3.05, 3.63) is 71.1 Å². The fourth-order valence-corrected chi connectivity index (χ4v) is 5.25. The Morgan fingerprint density at radius 3 is 2.42 bits per heavy atom. The summed E-state index contributed by atoms with van der Waals surface area (Å²) in [5.41, 5.74) is 0.751. The third kappa shape index (κ3) is 5.14. The van der Waals surface area contributed by atoms with Crippen LogP contribution in [0.15, 0.2) is 58.3 Å². The van der Waals surface area contributed by atoms with Crippen LogP contribution in [0, 0.1) is 5.82 Å². The van der Waals surface area contributed by atoms with Gasteiger partial charge in [0, 0.05) is 55.0 Å². The quantitative estimate of drug-likeness (QED) is 0.530. The molecule has 0 aliphatic carbocycles. The van der Waals surface area contributed by atoms with Crippen LogP contribution in [0.4, 0.5) is 17.6 Å². The van der Waals surface area contributed by atoms with Crippen LogP contribution in [0.25, 0.3) is 0 Å². The van der Waals surface area contributed by atoms with Crippen LogP contribution in [0.2, 0.25) is 0 Å². The molecule has 0 spiro atoms. The highest BCUT2D eigenvalue weighted by molar-refractivity contribution is 7.99. The lowest BCUT2D eigenvalue weighted by Gasteiger charge is -2.33. The maximum Gasteiger partial charge on any atom is 0.416 e. The Bertz CT molecular complexity index is 955. The summed E-state index contributed by atoms with van der Waals surface area (Å²) in [5, 5.41) is 9.06. The zero-order valence-corrected chi connectivity index (χ0v) is 17.7. The Morgan fingerprint density at radius 1 is 0.968 bits per heavy atom. The first-order chi connectivity index (χ1) is 14.8. The number of rotatable bonds is 5. The number of aliphatic hydroxyl groups is 1. The minimum atomic E-state index is -4.41. The van der Waals surface area contributed by atoms with Gasteiger partial charge in [-0.3, -0.25) is 9.80 Å². The highest BCUT2D eigenvalue weighted by Gasteiger charge is 2.33. The first-order valence-corrected chi connectivity index (χ1v) is 11.1. The Morgan fingerprint density at radius 2 is 1.71 bits per heavy atom. The van der Waals surface area contributed by atoms with Crippen molar-refractivity contribution in [2.75, 3.05) is 45.9 Å². The minimum Gasteiger partial charge on any atom is -0.395 e. The van der Waals surface area contributed by atoms with Gasteiger partial charge >= 0.3 is 6.18 Å². The van der Waals surface area contributed by atoms with E-state index < -0.39 is 11.7 Å². The molecule has 1 atom stereocenters. The molecule has 31 heavy (non-hydrogen) atoms. The van der Waals surface area contributed by atoms with Crippen LogP contribution in [0.3, 0.4) is 0 Å². The van der Waals surface area contributed by atoms with Gasteiger partial charge in [0.2, 0.25) is 0 Å². The number of alkyl halides is 3. The Kier molecular flexibility index (Phi) is 6.71. The molecular weight excluding hydrogens is 428 g/mol. The van der Waals surface area contributed by atoms with Crippen molar-refractivity contribution in [3.63, 3.8) is 0 Å². The van der Waals surface area contributed by atoms with Crippen LogP contribution >= 0.6 is 11.8 Å². The van der Waals surface area contributed by atoms with E-state index in [0.717, 1.165) is 47.6 Å². The molecule has 2 heterocycles. The molecule has 4 rings (SSSR count). The van der Waals surface area contributed by atoms with E-state index in [4.69, 9.17) is 5.11 Å². The van der Waals surface area contributed by atoms with Crippen LogP contribution in [0.5, 0.6) is 0 Å². The van der Waals surface area contributed by atoms with Crippen molar-refractivity contribution in [3.8, 4) is 0 Å². The van der Waals surface area contributed by atoms with E-state index >= 15 is 0 Å². The van der Waals surface area contributed by atoms with Gasteiger partial charge in [0.25, 0.3) is 0 Å². The number of β-amino-alcohol motifs (C(OH)–C–C–N with tert-alkyl or cyclic N) is 1. The normalized spacial score (nSPS) is 20.1. The molecule has 166 valence electrons. The molecule has 0 bridgehead atoms. The van der Waals surface area contributed by atoms with Gasteiger partial charge in [-0.25, -0.2) is 4.39 Å². The number of hydrogen-bond acceptors (Lipinski definition) is 4. The number of allylic oxidation sites excluding steroid dienone is 1. The maximum atomic E-state index is 13.8. The molecule has 2 aliphatic rings. The monoisotopic (exact) mass is 452 g/mol. The summed E-state index contributed by atoms with van der Waals surface area (Å²) >= 11 is 1.31. The fourth-order valence-electron chi connectivity index (χ4n) is 4.09. The second-order valence-electron chi connectivity index (χ2n) is 7.81. The first-order valence-electron chi connectivity index (χ1n) is 10.3. The second-order valence-corrected chi connectivity index (χ2v) is 8.89. The topological polar surface area (TPSA) is 26.7 Å². The summed E-state index contributed by atoms with van der Waals surface area (Å²) < 4.78 is 53.7. The van der Waals surface area contributed by atoms with Crippen LogP contribution in [-0.2, 0) is 6.18 Å². The number of aliphatic hydroxyl groups excluding tert-OH is 1. The van der Waals surface area contributed by atoms with Crippen molar-refractivity contribution in [1.29, 1.82) is 0 Å². The molecule has 0 radical (unpaired) electrons. The highest BCUT2D eigenvalue weighted by atomic mass is 32.2. The van der Waals surface area contributed by atoms with Gasteiger partial charge in [0.1, 0.15) is 5.82 Å². The Balaban J connectivity index is 1.57. The van der Waals surface area contributed by atoms with E-state index in [1.807, 2.05) is 12.2 Å². The number of fused-ring (bicyclic) bond motifs is 2. The third-order valence-electron chi connectivity index (χ3n) is 5.78. The summed E-state index contributed by atoms with van der Waals surface area (Å²) in [6.45, 7) is 5.04. The van der Waals surface area contributed by atoms with Crippen molar-refractivity contribution in [2.45, 2.75) is 21.9 Å². The fraction of sp³-hybridized carbons (Fsp3) is 0.391. The van der Waals surface area contributed by atoms with E-state index in [0.29, 0.717) is 18.7 Å². The molecule has 8 heteroatoms. The molecule has 1 saturated heterocycles. The van der Waals surface area contributed by atoms with E-state index in [1.54, 1.807) is 6.07 Å². The van der Waals surface area contributed by atoms with Gasteiger partial charge < -0.3 is 5.11 Å². The molecule has 2 aromatic carbocycles. The van der Waals surface area contributed by atoms with Crippen molar-refractivity contribution >= 4 is 11.8 Å². The standard InChI is InChI=1S/C23H24F4N2OS/c24-17-4-5-19-18(2-1-7-28-8-10-29(11-9-28)12-13-30)20-14-16(23(25,26)27)3-6-21(20)31-22(19)15-17/h1-6,14-15,18,30H,7-13H2/b2-1+. The van der Waals surface area contributed by atoms with Gasteiger partial charge in [0.15, 0.2) is 0 Å². The molecule has 0 aromatic heterocycles. The molecule has 2 aromatic rings. The molecule has 2 aliphatic heterocycles. The van der Waals surface area contributed by atoms with Crippen molar-refractivity contribution in [1.82, 2.24) is 9.80 Å². The summed E-state index contributed by atoms with van der Waals surface area (Å²) in [7, 11) is 0. The highest BCUT2D eigenvalue weighted by Crippen LogP contribution is 2.48. The predicted octanol–water partition coefficient (Wildman–Crippen LogP) is 4.61. The summed E-state index contributed by atoms with van der Waals surface area (Å²) in [6, 6.07) is 8.27. The van der Waals surface area contributed by atoms with Crippen molar-refractivity contribution < 1.29 is 22.7 Å².